The topological polar surface area (TPSA) is 149 Å². The standard InChI is InChI=1S/C37H73O10P/c1-3-5-7-9-11-13-14-15-16-17-18-19-21-23-25-27-29-37(41)47-35(31-39)33-45-48(42,43)44-32-34(30-38)46-36(40)28-26-24-22-20-12-10-8-6-4-2/h34-35,38-39H,3-33H2,1-2H3,(H,42,43). The van der Waals surface area contributed by atoms with Gasteiger partial charge in [0.15, 0.2) is 0 Å². The number of aliphatic hydroxyl groups is 2. The lowest BCUT2D eigenvalue weighted by Crippen LogP contribution is -2.28. The molecule has 0 aliphatic carbocycles. The molecule has 3 atom stereocenters. The van der Waals surface area contributed by atoms with Crippen LogP contribution in [0, 0.1) is 0 Å². The summed E-state index contributed by atoms with van der Waals surface area (Å²) >= 11 is 0. The normalized spacial score (nSPS) is 14.0. The highest BCUT2D eigenvalue weighted by Crippen LogP contribution is 2.43. The van der Waals surface area contributed by atoms with Crippen molar-refractivity contribution in [2.75, 3.05) is 26.4 Å². The highest BCUT2D eigenvalue weighted by atomic mass is 31.2. The molecule has 11 heteroatoms. The molecule has 0 aromatic heterocycles. The van der Waals surface area contributed by atoms with E-state index in [1.165, 1.54) is 109 Å². The number of carbonyl (C=O) groups excluding carboxylic acids is 2. The Hall–Kier alpha value is -1.03. The van der Waals surface area contributed by atoms with Gasteiger partial charge in [-0.05, 0) is 12.8 Å². The number of ether oxygens (including phenoxy) is 2. The number of unbranched alkanes of at least 4 members (excludes halogenated alkanes) is 23. The average molecular weight is 709 g/mol. The summed E-state index contributed by atoms with van der Waals surface area (Å²) in [5.41, 5.74) is 0. The van der Waals surface area contributed by atoms with Crippen molar-refractivity contribution in [3.8, 4) is 0 Å². The molecule has 0 fully saturated rings. The van der Waals surface area contributed by atoms with Crippen LogP contribution < -0.4 is 0 Å². The lowest BCUT2D eigenvalue weighted by Gasteiger charge is -2.20. The average Bonchev–Trinajstić information content (AvgIpc) is 3.07. The van der Waals surface area contributed by atoms with Crippen molar-refractivity contribution >= 4 is 19.8 Å². The molecule has 0 spiro atoms. The minimum absolute atomic E-state index is 0.197. The lowest BCUT2D eigenvalue weighted by molar-refractivity contribution is -0.153. The second kappa shape index (κ2) is 34.4. The zero-order valence-electron chi connectivity index (χ0n) is 30.7. The van der Waals surface area contributed by atoms with E-state index in [1.807, 2.05) is 0 Å². The SMILES string of the molecule is CCCCCCCCCCCCCCCCCCC(=O)OC(CO)COP(=O)(O)OCC(CO)OC(=O)CCCCCCCCCCC. The van der Waals surface area contributed by atoms with Gasteiger partial charge < -0.3 is 24.6 Å². The summed E-state index contributed by atoms with van der Waals surface area (Å²) in [7, 11) is -4.62. The Bertz CT molecular complexity index is 781. The maximum absolute atomic E-state index is 12.3. The third kappa shape index (κ3) is 32.2. The van der Waals surface area contributed by atoms with E-state index in [1.54, 1.807) is 0 Å². The third-order valence-corrected chi connectivity index (χ3v) is 9.52. The van der Waals surface area contributed by atoms with Crippen LogP contribution in [0.5, 0.6) is 0 Å². The second-order valence-electron chi connectivity index (χ2n) is 13.3. The van der Waals surface area contributed by atoms with Crippen LogP contribution >= 0.6 is 7.82 Å². The van der Waals surface area contributed by atoms with Gasteiger partial charge >= 0.3 is 19.8 Å². The van der Waals surface area contributed by atoms with Gasteiger partial charge in [-0.25, -0.2) is 4.57 Å². The van der Waals surface area contributed by atoms with Gasteiger partial charge in [-0.2, -0.15) is 0 Å². The molecule has 3 unspecified atom stereocenters. The Morgan fingerprint density at radius 1 is 0.479 bits per heavy atom. The number of aliphatic hydroxyl groups excluding tert-OH is 2. The van der Waals surface area contributed by atoms with E-state index in [0.29, 0.717) is 12.8 Å². The Labute approximate surface area is 293 Å². The maximum atomic E-state index is 12.3. The number of phosphoric ester groups is 1. The largest absolute Gasteiger partial charge is 0.472 e. The molecule has 0 heterocycles. The molecule has 0 amide bonds. The monoisotopic (exact) mass is 708 g/mol. The fourth-order valence-corrected chi connectivity index (χ4v) is 6.31. The van der Waals surface area contributed by atoms with E-state index in [2.05, 4.69) is 13.8 Å². The summed E-state index contributed by atoms with van der Waals surface area (Å²) in [4.78, 5) is 34.3. The van der Waals surface area contributed by atoms with Gasteiger partial charge in [-0.1, -0.05) is 162 Å². The Morgan fingerprint density at radius 2 is 0.729 bits per heavy atom. The van der Waals surface area contributed by atoms with E-state index >= 15 is 0 Å². The maximum Gasteiger partial charge on any atom is 0.472 e. The van der Waals surface area contributed by atoms with E-state index in [-0.39, 0.29) is 12.8 Å². The number of phosphoric acid groups is 1. The lowest BCUT2D eigenvalue weighted by atomic mass is 10.0. The van der Waals surface area contributed by atoms with Crippen LogP contribution in [-0.2, 0) is 32.7 Å². The number of rotatable bonds is 37. The van der Waals surface area contributed by atoms with E-state index in [4.69, 9.17) is 18.5 Å². The van der Waals surface area contributed by atoms with Crippen LogP contribution in [0.2, 0.25) is 0 Å². The molecular formula is C37H73O10P. The van der Waals surface area contributed by atoms with E-state index in [9.17, 15) is 29.3 Å². The minimum Gasteiger partial charge on any atom is -0.457 e. The van der Waals surface area contributed by atoms with Gasteiger partial charge in [0.1, 0.15) is 12.2 Å². The molecule has 0 aliphatic heterocycles. The first-order valence-corrected chi connectivity index (χ1v) is 21.0. The van der Waals surface area contributed by atoms with Gasteiger partial charge in [0, 0.05) is 12.8 Å². The van der Waals surface area contributed by atoms with Gasteiger partial charge in [0.2, 0.25) is 0 Å². The number of hydrogen-bond donors (Lipinski definition) is 3. The van der Waals surface area contributed by atoms with Crippen LogP contribution in [0.25, 0.3) is 0 Å². The fourth-order valence-electron chi connectivity index (χ4n) is 5.53. The molecule has 0 saturated carbocycles. The summed E-state index contributed by atoms with van der Waals surface area (Å²) in [6.07, 6.45) is 28.0. The molecule has 48 heavy (non-hydrogen) atoms. The van der Waals surface area contributed by atoms with Crippen molar-refractivity contribution in [2.45, 2.75) is 199 Å². The minimum atomic E-state index is -4.62. The van der Waals surface area contributed by atoms with Crippen molar-refractivity contribution in [3.63, 3.8) is 0 Å². The quantitative estimate of drug-likeness (QED) is 0.0324. The molecular weight excluding hydrogens is 635 g/mol. The summed E-state index contributed by atoms with van der Waals surface area (Å²) in [5, 5.41) is 19.0. The van der Waals surface area contributed by atoms with Gasteiger partial charge in [0.25, 0.3) is 0 Å². The number of hydrogen-bond acceptors (Lipinski definition) is 9. The molecule has 0 rings (SSSR count). The van der Waals surface area contributed by atoms with Crippen LogP contribution in [0.15, 0.2) is 0 Å². The molecule has 286 valence electrons. The van der Waals surface area contributed by atoms with Gasteiger partial charge in [-0.15, -0.1) is 0 Å². The summed E-state index contributed by atoms with van der Waals surface area (Å²) in [5.74, 6) is -1.01. The molecule has 10 nitrogen and oxygen atoms in total. The summed E-state index contributed by atoms with van der Waals surface area (Å²) in [6, 6.07) is 0. The van der Waals surface area contributed by atoms with Crippen LogP contribution in [-0.4, -0.2) is 65.7 Å². The number of carbonyl (C=O) groups is 2. The highest BCUT2D eigenvalue weighted by Gasteiger charge is 2.27. The highest BCUT2D eigenvalue weighted by molar-refractivity contribution is 7.47. The summed E-state index contributed by atoms with van der Waals surface area (Å²) < 4.78 is 32.4. The first-order chi connectivity index (χ1) is 23.3. The van der Waals surface area contributed by atoms with Crippen molar-refractivity contribution in [3.05, 3.63) is 0 Å². The Balaban J connectivity index is 3.92. The smallest absolute Gasteiger partial charge is 0.457 e. The zero-order valence-corrected chi connectivity index (χ0v) is 31.6. The van der Waals surface area contributed by atoms with Crippen LogP contribution in [0.4, 0.5) is 0 Å². The Kier molecular flexibility index (Phi) is 33.7. The predicted molar refractivity (Wildman–Crippen MR) is 192 cm³/mol. The van der Waals surface area contributed by atoms with Gasteiger partial charge in [0.05, 0.1) is 26.4 Å². The van der Waals surface area contributed by atoms with E-state index < -0.39 is 58.4 Å². The first-order valence-electron chi connectivity index (χ1n) is 19.5. The van der Waals surface area contributed by atoms with Crippen molar-refractivity contribution in [1.29, 1.82) is 0 Å². The van der Waals surface area contributed by atoms with Crippen LogP contribution in [0.1, 0.15) is 187 Å². The third-order valence-electron chi connectivity index (χ3n) is 8.57. The summed E-state index contributed by atoms with van der Waals surface area (Å²) in [6.45, 7) is 2.19. The molecule has 0 radical (unpaired) electrons. The second-order valence-corrected chi connectivity index (χ2v) is 14.7. The van der Waals surface area contributed by atoms with Gasteiger partial charge in [-0.3, -0.25) is 18.6 Å². The molecule has 0 aliphatic rings. The van der Waals surface area contributed by atoms with Crippen molar-refractivity contribution in [1.82, 2.24) is 0 Å². The molecule has 0 aromatic rings. The fraction of sp³-hybridized carbons (Fsp3) is 0.946. The molecule has 0 bridgehead atoms. The van der Waals surface area contributed by atoms with Crippen LogP contribution in [0.3, 0.4) is 0 Å². The Morgan fingerprint density at radius 3 is 0.979 bits per heavy atom. The molecule has 0 aromatic carbocycles. The first kappa shape index (κ1) is 47.0. The molecule has 0 saturated heterocycles. The van der Waals surface area contributed by atoms with Crippen molar-refractivity contribution in [2.24, 2.45) is 0 Å². The molecule has 3 N–H and O–H groups in total. The predicted octanol–water partition coefficient (Wildman–Crippen LogP) is 9.50. The zero-order chi connectivity index (χ0) is 35.6. The van der Waals surface area contributed by atoms with E-state index in [0.717, 1.165) is 38.5 Å². The number of esters is 2. The van der Waals surface area contributed by atoms with Crippen molar-refractivity contribution < 1.29 is 47.8 Å².